The van der Waals surface area contributed by atoms with Crippen molar-refractivity contribution in [1.82, 2.24) is 14.9 Å². The molecule has 0 spiro atoms. The van der Waals surface area contributed by atoms with Crippen LogP contribution in [0.5, 0.6) is 0 Å². The molecule has 0 bridgehead atoms. The molecule has 0 saturated carbocycles. The monoisotopic (exact) mass is 322 g/mol. The molecule has 124 valence electrons. The molecule has 6 heteroatoms. The van der Waals surface area contributed by atoms with Gasteiger partial charge in [0.05, 0.1) is 5.56 Å². The Hall–Kier alpha value is -2.65. The van der Waals surface area contributed by atoms with E-state index >= 15 is 0 Å². The Morgan fingerprint density at radius 1 is 1.12 bits per heavy atom. The number of nitrogens with zero attached hydrogens (tertiary/aromatic N) is 5. The Morgan fingerprint density at radius 3 is 2.83 bits per heavy atom. The number of anilines is 2. The van der Waals surface area contributed by atoms with Crippen LogP contribution in [0.2, 0.25) is 0 Å². The van der Waals surface area contributed by atoms with Crippen LogP contribution in [0.1, 0.15) is 17.5 Å². The Kier molecular flexibility index (Phi) is 5.24. The lowest BCUT2D eigenvalue weighted by molar-refractivity contribution is 0.360. The second kappa shape index (κ2) is 7.75. The van der Waals surface area contributed by atoms with E-state index < -0.39 is 0 Å². The number of hydrogen-bond acceptors (Lipinski definition) is 6. The van der Waals surface area contributed by atoms with Crippen molar-refractivity contribution in [3.05, 3.63) is 47.8 Å². The number of nitrogens with one attached hydrogen (secondary N) is 1. The maximum Gasteiger partial charge on any atom is 0.144 e. The summed E-state index contributed by atoms with van der Waals surface area (Å²) < 4.78 is 0. The molecule has 0 unspecified atom stereocenters. The molecule has 0 aliphatic carbocycles. The molecule has 0 atom stereocenters. The summed E-state index contributed by atoms with van der Waals surface area (Å²) in [6.07, 6.45) is 4.67. The summed E-state index contributed by atoms with van der Waals surface area (Å²) in [6, 6.07) is 9.74. The third-order valence-corrected chi connectivity index (χ3v) is 4.26. The van der Waals surface area contributed by atoms with Crippen LogP contribution in [0, 0.1) is 11.3 Å². The number of nitriles is 1. The summed E-state index contributed by atoms with van der Waals surface area (Å²) in [5.41, 5.74) is 1.68. The van der Waals surface area contributed by atoms with Crippen LogP contribution in [0.4, 0.5) is 11.6 Å². The quantitative estimate of drug-likeness (QED) is 0.930. The van der Waals surface area contributed by atoms with Crippen LogP contribution in [-0.4, -0.2) is 48.1 Å². The van der Waals surface area contributed by atoms with Gasteiger partial charge < -0.3 is 15.1 Å². The first-order valence-electron chi connectivity index (χ1n) is 8.24. The molecule has 6 nitrogen and oxygen atoms in total. The van der Waals surface area contributed by atoms with Crippen molar-refractivity contribution in [1.29, 1.82) is 5.26 Å². The standard InChI is InChI=1S/C18H22N6/c1-23-9-4-10-24(12-11-23)18-16(6-3-8-21-18)14-22-17-15(13-19)5-2-7-20-17/h2-3,5-8H,4,9-12,14H2,1H3,(H,20,22). The Bertz CT molecular complexity index is 723. The smallest absolute Gasteiger partial charge is 0.144 e. The topological polar surface area (TPSA) is 68.1 Å². The van der Waals surface area contributed by atoms with E-state index in [1.165, 1.54) is 0 Å². The lowest BCUT2D eigenvalue weighted by Crippen LogP contribution is -2.30. The van der Waals surface area contributed by atoms with Crippen LogP contribution in [0.15, 0.2) is 36.7 Å². The van der Waals surface area contributed by atoms with Gasteiger partial charge in [0.1, 0.15) is 17.7 Å². The van der Waals surface area contributed by atoms with E-state index in [0.29, 0.717) is 17.9 Å². The third-order valence-electron chi connectivity index (χ3n) is 4.26. The van der Waals surface area contributed by atoms with E-state index in [-0.39, 0.29) is 0 Å². The first-order chi connectivity index (χ1) is 11.8. The van der Waals surface area contributed by atoms with Gasteiger partial charge in [0, 0.05) is 44.1 Å². The van der Waals surface area contributed by atoms with E-state index in [1.54, 1.807) is 18.3 Å². The Labute approximate surface area is 142 Å². The maximum atomic E-state index is 9.17. The molecular weight excluding hydrogens is 300 g/mol. The Morgan fingerprint density at radius 2 is 1.96 bits per heavy atom. The minimum absolute atomic E-state index is 0.555. The summed E-state index contributed by atoms with van der Waals surface area (Å²) in [6.45, 7) is 4.76. The van der Waals surface area contributed by atoms with Gasteiger partial charge in [-0.15, -0.1) is 0 Å². The minimum atomic E-state index is 0.555. The molecule has 1 aliphatic rings. The summed E-state index contributed by atoms with van der Waals surface area (Å²) in [7, 11) is 2.16. The fraction of sp³-hybridized carbons (Fsp3) is 0.389. The lowest BCUT2D eigenvalue weighted by atomic mass is 10.2. The second-order valence-corrected chi connectivity index (χ2v) is 5.99. The van der Waals surface area contributed by atoms with Crippen LogP contribution < -0.4 is 10.2 Å². The highest BCUT2D eigenvalue weighted by Gasteiger charge is 2.16. The molecule has 3 rings (SSSR count). The first-order valence-corrected chi connectivity index (χ1v) is 8.24. The van der Waals surface area contributed by atoms with E-state index in [2.05, 4.69) is 44.3 Å². The zero-order valence-electron chi connectivity index (χ0n) is 13.9. The van der Waals surface area contributed by atoms with Gasteiger partial charge in [-0.1, -0.05) is 6.07 Å². The largest absolute Gasteiger partial charge is 0.365 e. The van der Waals surface area contributed by atoms with Crippen molar-refractivity contribution < 1.29 is 0 Å². The van der Waals surface area contributed by atoms with Gasteiger partial charge >= 0.3 is 0 Å². The van der Waals surface area contributed by atoms with Crippen molar-refractivity contribution in [2.24, 2.45) is 0 Å². The molecule has 0 aromatic carbocycles. The van der Waals surface area contributed by atoms with Gasteiger partial charge in [-0.3, -0.25) is 0 Å². The van der Waals surface area contributed by atoms with Crippen molar-refractivity contribution in [3.63, 3.8) is 0 Å². The van der Waals surface area contributed by atoms with E-state index in [1.807, 2.05) is 12.3 Å². The summed E-state index contributed by atoms with van der Waals surface area (Å²) in [5, 5.41) is 12.4. The zero-order valence-corrected chi connectivity index (χ0v) is 13.9. The van der Waals surface area contributed by atoms with Gasteiger partial charge in [-0.05, 0) is 38.2 Å². The first kappa shape index (κ1) is 16.2. The molecule has 1 N–H and O–H groups in total. The predicted octanol–water partition coefficient (Wildman–Crippen LogP) is 2.10. The van der Waals surface area contributed by atoms with Crippen LogP contribution in [0.25, 0.3) is 0 Å². The minimum Gasteiger partial charge on any atom is -0.365 e. The van der Waals surface area contributed by atoms with Gasteiger partial charge in [0.15, 0.2) is 0 Å². The Balaban J connectivity index is 1.76. The predicted molar refractivity (Wildman–Crippen MR) is 94.8 cm³/mol. The third kappa shape index (κ3) is 3.81. The van der Waals surface area contributed by atoms with Gasteiger partial charge in [-0.2, -0.15) is 5.26 Å². The van der Waals surface area contributed by atoms with Crippen molar-refractivity contribution in [2.75, 3.05) is 43.4 Å². The lowest BCUT2D eigenvalue weighted by Gasteiger charge is -2.24. The molecule has 0 amide bonds. The molecular formula is C18H22N6. The molecule has 1 aliphatic heterocycles. The highest BCUT2D eigenvalue weighted by Crippen LogP contribution is 2.20. The summed E-state index contributed by atoms with van der Waals surface area (Å²) in [5.74, 6) is 1.64. The van der Waals surface area contributed by atoms with Crippen LogP contribution in [0.3, 0.4) is 0 Å². The molecule has 2 aromatic rings. The number of pyridine rings is 2. The average molecular weight is 322 g/mol. The normalized spacial score (nSPS) is 15.6. The molecule has 1 saturated heterocycles. The van der Waals surface area contributed by atoms with Gasteiger partial charge in [0.25, 0.3) is 0 Å². The summed E-state index contributed by atoms with van der Waals surface area (Å²) in [4.78, 5) is 13.6. The highest BCUT2D eigenvalue weighted by atomic mass is 15.2. The number of hydrogen-bond donors (Lipinski definition) is 1. The fourth-order valence-corrected chi connectivity index (χ4v) is 2.93. The van der Waals surface area contributed by atoms with Crippen LogP contribution in [-0.2, 0) is 6.54 Å². The van der Waals surface area contributed by atoms with E-state index in [4.69, 9.17) is 0 Å². The molecule has 3 heterocycles. The average Bonchev–Trinajstić information content (AvgIpc) is 2.85. The van der Waals surface area contributed by atoms with E-state index in [0.717, 1.165) is 44.0 Å². The zero-order chi connectivity index (χ0) is 16.8. The summed E-state index contributed by atoms with van der Waals surface area (Å²) >= 11 is 0. The van der Waals surface area contributed by atoms with E-state index in [9.17, 15) is 5.26 Å². The molecule has 2 aromatic heterocycles. The van der Waals surface area contributed by atoms with Gasteiger partial charge in [-0.25, -0.2) is 9.97 Å². The number of rotatable bonds is 4. The second-order valence-electron chi connectivity index (χ2n) is 5.99. The van der Waals surface area contributed by atoms with Crippen molar-refractivity contribution in [3.8, 4) is 6.07 Å². The van der Waals surface area contributed by atoms with Gasteiger partial charge in [0.2, 0.25) is 0 Å². The number of aromatic nitrogens is 2. The van der Waals surface area contributed by atoms with Crippen molar-refractivity contribution in [2.45, 2.75) is 13.0 Å². The molecule has 1 fully saturated rings. The maximum absolute atomic E-state index is 9.17. The van der Waals surface area contributed by atoms with Crippen LogP contribution >= 0.6 is 0 Å². The molecule has 0 radical (unpaired) electrons. The van der Waals surface area contributed by atoms with Crippen molar-refractivity contribution >= 4 is 11.6 Å². The number of likely N-dealkylation sites (N-methyl/N-ethyl adjacent to an activating group) is 1. The molecule has 24 heavy (non-hydrogen) atoms. The fourth-order valence-electron chi connectivity index (χ4n) is 2.93. The SMILES string of the molecule is CN1CCCN(c2ncccc2CNc2ncccc2C#N)CC1. The highest BCUT2D eigenvalue weighted by molar-refractivity contribution is 5.54.